The van der Waals surface area contributed by atoms with E-state index in [0.29, 0.717) is 0 Å². The van der Waals surface area contributed by atoms with E-state index in [4.69, 9.17) is 5.26 Å². The molecule has 0 aliphatic heterocycles. The summed E-state index contributed by atoms with van der Waals surface area (Å²) in [7, 11) is 0. The Labute approximate surface area is 120 Å². The lowest BCUT2D eigenvalue weighted by Gasteiger charge is -2.13. The number of halogens is 4. The second kappa shape index (κ2) is 6.08. The van der Waals surface area contributed by atoms with Crippen LogP contribution in [0.1, 0.15) is 5.82 Å². The van der Waals surface area contributed by atoms with E-state index >= 15 is 0 Å². The summed E-state index contributed by atoms with van der Waals surface area (Å²) in [5.41, 5.74) is -0.454. The predicted octanol–water partition coefficient (Wildman–Crippen LogP) is 2.21. The van der Waals surface area contributed by atoms with Gasteiger partial charge in [0, 0.05) is 12.3 Å². The maximum atomic E-state index is 13.2. The van der Waals surface area contributed by atoms with Crippen molar-refractivity contribution in [3.63, 3.8) is 0 Å². The van der Waals surface area contributed by atoms with Crippen molar-refractivity contribution in [1.82, 2.24) is 20.6 Å². The van der Waals surface area contributed by atoms with Crippen LogP contribution in [0.5, 0.6) is 5.75 Å². The Morgan fingerprint density at radius 2 is 2.18 bits per heavy atom. The highest BCUT2D eigenvalue weighted by Crippen LogP contribution is 2.31. The van der Waals surface area contributed by atoms with Crippen molar-refractivity contribution in [3.05, 3.63) is 36.0 Å². The molecule has 2 aromatic rings. The van der Waals surface area contributed by atoms with Gasteiger partial charge in [-0.2, -0.15) is 10.5 Å². The Bertz CT molecular complexity index is 719. The summed E-state index contributed by atoms with van der Waals surface area (Å²) in [6.45, 7) is 0. The summed E-state index contributed by atoms with van der Waals surface area (Å²) in [6.07, 6.45) is -3.94. The summed E-state index contributed by atoms with van der Waals surface area (Å²) in [5.74, 6) is -1.52. The molecule has 0 radical (unpaired) electrons. The number of nitriles is 1. The molecule has 0 amide bonds. The second-order valence-electron chi connectivity index (χ2n) is 3.74. The van der Waals surface area contributed by atoms with Crippen LogP contribution in [0, 0.1) is 17.1 Å². The van der Waals surface area contributed by atoms with Gasteiger partial charge in [-0.1, -0.05) is 0 Å². The molecular formula is C11H6F4N6O. The number of nitrogens with zero attached hydrogens (tertiary/aromatic N) is 4. The number of benzene rings is 1. The van der Waals surface area contributed by atoms with Gasteiger partial charge >= 0.3 is 6.36 Å². The van der Waals surface area contributed by atoms with Gasteiger partial charge < -0.3 is 10.1 Å². The number of tetrazole rings is 1. The van der Waals surface area contributed by atoms with E-state index in [0.717, 1.165) is 24.4 Å². The smallest absolute Gasteiger partial charge is 0.404 e. The van der Waals surface area contributed by atoms with Crippen molar-refractivity contribution in [2.24, 2.45) is 0 Å². The van der Waals surface area contributed by atoms with Gasteiger partial charge in [-0.05, 0) is 17.3 Å². The molecule has 11 heteroatoms. The summed E-state index contributed by atoms with van der Waals surface area (Å²) in [6, 6.07) is 4.11. The number of hydrogen-bond donors (Lipinski definition) is 2. The molecule has 0 fully saturated rings. The molecule has 0 unspecified atom stereocenters. The number of aromatic nitrogens is 4. The average molecular weight is 314 g/mol. The quantitative estimate of drug-likeness (QED) is 0.663. The molecule has 1 heterocycles. The number of H-pyrrole nitrogens is 1. The molecule has 0 aliphatic carbocycles. The first-order valence-corrected chi connectivity index (χ1v) is 5.55. The Balaban J connectivity index is 2.29. The highest BCUT2D eigenvalue weighted by molar-refractivity contribution is 5.74. The zero-order valence-corrected chi connectivity index (χ0v) is 10.5. The van der Waals surface area contributed by atoms with Crippen LogP contribution < -0.4 is 10.1 Å². The third-order valence-corrected chi connectivity index (χ3v) is 2.25. The number of rotatable bonds is 4. The van der Waals surface area contributed by atoms with Crippen LogP contribution in [0.15, 0.2) is 24.4 Å². The van der Waals surface area contributed by atoms with Gasteiger partial charge in [-0.15, -0.1) is 23.4 Å². The normalized spacial score (nSPS) is 11.9. The van der Waals surface area contributed by atoms with Crippen molar-refractivity contribution in [2.45, 2.75) is 6.36 Å². The molecule has 0 saturated heterocycles. The van der Waals surface area contributed by atoms with Crippen molar-refractivity contribution in [2.75, 3.05) is 5.32 Å². The molecule has 0 saturated carbocycles. The third kappa shape index (κ3) is 3.92. The molecule has 0 atom stereocenters. The zero-order chi connectivity index (χ0) is 16.2. The standard InChI is InChI=1S/C11H6F4N6O/c12-7-1-2-9(22-11(13,14)15)8(3-7)17-5-6(4-16)10-18-20-21-19-10/h1-3,5,17H,(H,18,19,20,21). The second-order valence-corrected chi connectivity index (χ2v) is 3.74. The first kappa shape index (κ1) is 15.2. The van der Waals surface area contributed by atoms with E-state index in [1.807, 2.05) is 0 Å². The van der Waals surface area contributed by atoms with Gasteiger partial charge in [0.25, 0.3) is 0 Å². The molecule has 1 aromatic carbocycles. The molecule has 0 bridgehead atoms. The van der Waals surface area contributed by atoms with Crippen molar-refractivity contribution >= 4 is 11.3 Å². The predicted molar refractivity (Wildman–Crippen MR) is 64.5 cm³/mol. The highest BCUT2D eigenvalue weighted by atomic mass is 19.4. The van der Waals surface area contributed by atoms with Crippen LogP contribution in [-0.4, -0.2) is 27.0 Å². The summed E-state index contributed by atoms with van der Waals surface area (Å²) in [5, 5.41) is 23.7. The SMILES string of the molecule is N#CC(=CNc1cc(F)ccc1OC(F)(F)F)c1nn[nH]n1. The number of aromatic amines is 1. The monoisotopic (exact) mass is 314 g/mol. The van der Waals surface area contributed by atoms with E-state index in [1.165, 1.54) is 0 Å². The number of hydrogen-bond acceptors (Lipinski definition) is 6. The number of ether oxygens (including phenoxy) is 1. The molecule has 114 valence electrons. The van der Waals surface area contributed by atoms with Crippen LogP contribution in [0.25, 0.3) is 5.57 Å². The number of alkyl halides is 3. The first-order chi connectivity index (χ1) is 10.4. The largest absolute Gasteiger partial charge is 0.573 e. The number of anilines is 1. The number of nitrogens with one attached hydrogen (secondary N) is 2. The minimum atomic E-state index is -4.94. The van der Waals surface area contributed by atoms with Gasteiger partial charge in [0.15, 0.2) is 5.75 Å². The maximum Gasteiger partial charge on any atom is 0.573 e. The van der Waals surface area contributed by atoms with Crippen LogP contribution in [0.4, 0.5) is 23.2 Å². The minimum absolute atomic E-state index is 0.0790. The van der Waals surface area contributed by atoms with E-state index in [9.17, 15) is 17.6 Å². The average Bonchev–Trinajstić information content (AvgIpc) is 2.95. The fourth-order valence-electron chi connectivity index (χ4n) is 1.40. The van der Waals surface area contributed by atoms with Gasteiger partial charge in [0.05, 0.1) is 5.69 Å². The summed E-state index contributed by atoms with van der Waals surface area (Å²) < 4.78 is 53.7. The summed E-state index contributed by atoms with van der Waals surface area (Å²) >= 11 is 0. The minimum Gasteiger partial charge on any atom is -0.404 e. The molecule has 2 N–H and O–H groups in total. The molecule has 0 aliphatic rings. The lowest BCUT2D eigenvalue weighted by Crippen LogP contribution is -2.18. The van der Waals surface area contributed by atoms with Crippen molar-refractivity contribution < 1.29 is 22.3 Å². The molecule has 1 aromatic heterocycles. The third-order valence-electron chi connectivity index (χ3n) is 2.25. The molecule has 7 nitrogen and oxygen atoms in total. The fraction of sp³-hybridized carbons (Fsp3) is 0.0909. The van der Waals surface area contributed by atoms with Crippen LogP contribution in [-0.2, 0) is 0 Å². The van der Waals surface area contributed by atoms with Crippen LogP contribution in [0.3, 0.4) is 0 Å². The van der Waals surface area contributed by atoms with Gasteiger partial charge in [0.2, 0.25) is 5.82 Å². The van der Waals surface area contributed by atoms with Crippen LogP contribution in [0.2, 0.25) is 0 Å². The fourth-order valence-corrected chi connectivity index (χ4v) is 1.40. The van der Waals surface area contributed by atoms with Crippen molar-refractivity contribution in [3.8, 4) is 11.8 Å². The van der Waals surface area contributed by atoms with Crippen LogP contribution >= 0.6 is 0 Å². The van der Waals surface area contributed by atoms with E-state index in [1.54, 1.807) is 6.07 Å². The lowest BCUT2D eigenvalue weighted by molar-refractivity contribution is -0.274. The Morgan fingerprint density at radius 1 is 1.41 bits per heavy atom. The highest BCUT2D eigenvalue weighted by Gasteiger charge is 2.32. The topological polar surface area (TPSA) is 99.5 Å². The lowest BCUT2D eigenvalue weighted by atomic mass is 10.2. The zero-order valence-electron chi connectivity index (χ0n) is 10.5. The molecule has 0 spiro atoms. The first-order valence-electron chi connectivity index (χ1n) is 5.55. The maximum absolute atomic E-state index is 13.2. The van der Waals surface area contributed by atoms with E-state index < -0.39 is 17.9 Å². The Kier molecular flexibility index (Phi) is 4.21. The van der Waals surface area contributed by atoms with E-state index in [2.05, 4.69) is 30.7 Å². The molecular weight excluding hydrogens is 308 g/mol. The molecule has 22 heavy (non-hydrogen) atoms. The van der Waals surface area contributed by atoms with Gasteiger partial charge in [-0.3, -0.25) is 0 Å². The Hall–Kier alpha value is -3.16. The number of allylic oxidation sites excluding steroid dienone is 1. The molecule has 2 rings (SSSR count). The summed E-state index contributed by atoms with van der Waals surface area (Å²) in [4.78, 5) is 0. The van der Waals surface area contributed by atoms with Gasteiger partial charge in [-0.25, -0.2) is 4.39 Å². The Morgan fingerprint density at radius 3 is 2.77 bits per heavy atom. The van der Waals surface area contributed by atoms with Crippen molar-refractivity contribution in [1.29, 1.82) is 5.26 Å². The van der Waals surface area contributed by atoms with E-state index in [-0.39, 0.29) is 17.1 Å². The van der Waals surface area contributed by atoms with Gasteiger partial charge in [0.1, 0.15) is 17.5 Å².